The Labute approximate surface area is 462 Å². The number of amides is 3. The van der Waals surface area contributed by atoms with Crippen molar-refractivity contribution in [3.8, 4) is 16.9 Å². The Kier molecular flexibility index (Phi) is 14.1. The number of benzene rings is 6. The number of anilines is 4. The zero-order valence-electron chi connectivity index (χ0n) is 42.0. The lowest BCUT2D eigenvalue weighted by atomic mass is 9.96. The maximum atomic E-state index is 14.9. The third kappa shape index (κ3) is 9.32. The molecule has 7 aromatic rings. The average molecular weight is 1130 g/mol. The van der Waals surface area contributed by atoms with Crippen molar-refractivity contribution < 1.29 is 51.7 Å². The van der Waals surface area contributed by atoms with Crippen LogP contribution in [0, 0.1) is 0 Å². The van der Waals surface area contributed by atoms with E-state index in [-0.39, 0.29) is 47.6 Å². The number of para-hydroxylation sites is 2. The molecule has 0 saturated carbocycles. The van der Waals surface area contributed by atoms with Gasteiger partial charge in [0.2, 0.25) is 15.9 Å². The predicted molar refractivity (Wildman–Crippen MR) is 298 cm³/mol. The first-order chi connectivity index (χ1) is 37.5. The number of ether oxygens (including phenoxy) is 2. The summed E-state index contributed by atoms with van der Waals surface area (Å²) in [6.45, 7) is -0.609. The van der Waals surface area contributed by atoms with Crippen LogP contribution in [0.25, 0.3) is 33.1 Å². The Morgan fingerprint density at radius 2 is 1.45 bits per heavy atom. The summed E-state index contributed by atoms with van der Waals surface area (Å²) in [5, 5.41) is 24.2. The highest BCUT2D eigenvalue weighted by molar-refractivity contribution is 8.00. The van der Waals surface area contributed by atoms with Crippen molar-refractivity contribution >= 4 is 113 Å². The fourth-order valence-electron chi connectivity index (χ4n) is 10.3. The number of aliphatic carboxylic acids is 1. The third-order valence-electron chi connectivity index (χ3n) is 14.3. The number of aliphatic hydroxyl groups is 1. The zero-order valence-corrected chi connectivity index (χ0v) is 45.1. The smallest absolute Gasteiger partial charge is 0.363 e. The lowest BCUT2D eigenvalue weighted by Crippen LogP contribution is -2.72. The number of rotatable bonds is 16. The molecule has 3 saturated heterocycles. The summed E-state index contributed by atoms with van der Waals surface area (Å²) in [4.78, 5) is 58.2. The van der Waals surface area contributed by atoms with Crippen molar-refractivity contribution in [2.45, 2.75) is 41.5 Å². The van der Waals surface area contributed by atoms with Crippen LogP contribution in [-0.2, 0) is 40.5 Å². The van der Waals surface area contributed by atoms with Gasteiger partial charge in [0.05, 0.1) is 73.6 Å². The van der Waals surface area contributed by atoms with Crippen molar-refractivity contribution in [3.05, 3.63) is 172 Å². The molecule has 0 spiro atoms. The average Bonchev–Trinajstić information content (AvgIpc) is 3.92. The number of β-lactam (4-membered cyclic amide) rings is 2. The number of sulfonamides is 1. The molecule has 1 aromatic heterocycles. The molecule has 3 fully saturated rings. The molecule has 78 heavy (non-hydrogen) atoms. The molecular weight excluding hydrogens is 1080 g/mol. The number of thioether (sulfide) groups is 1. The molecule has 17 nitrogen and oxygen atoms in total. The number of nitrogens with one attached hydrogen (secondary N) is 1. The highest BCUT2D eigenvalue weighted by Crippen LogP contribution is 2.45. The van der Waals surface area contributed by atoms with Gasteiger partial charge < -0.3 is 34.8 Å². The third-order valence-corrected chi connectivity index (χ3v) is 18.2. The van der Waals surface area contributed by atoms with Crippen molar-refractivity contribution in [2.75, 3.05) is 49.9 Å². The summed E-state index contributed by atoms with van der Waals surface area (Å²) in [7, 11) is 1.15. The predicted octanol–water partition coefficient (Wildman–Crippen LogP) is 9.15. The number of carbonyl (C=O) groups excluding carboxylic acids is 3. The van der Waals surface area contributed by atoms with Crippen LogP contribution in [0.2, 0.25) is 10.0 Å². The van der Waals surface area contributed by atoms with Crippen LogP contribution < -0.4 is 19.9 Å². The Bertz CT molecular complexity index is 3700. The molecule has 1 unspecified atom stereocenters. The van der Waals surface area contributed by atoms with Gasteiger partial charge in [0.1, 0.15) is 35.2 Å². The first-order valence-corrected chi connectivity index (χ1v) is 27.8. The quantitative estimate of drug-likeness (QED) is 0.0470. The summed E-state index contributed by atoms with van der Waals surface area (Å²) < 4.78 is 49.5. The number of hydrogen-bond acceptors (Lipinski definition) is 12. The van der Waals surface area contributed by atoms with Gasteiger partial charge in [-0.05, 0) is 78.4 Å². The maximum absolute atomic E-state index is 14.9. The van der Waals surface area contributed by atoms with E-state index in [4.69, 9.17) is 37.1 Å². The Morgan fingerprint density at radius 1 is 0.846 bits per heavy atom. The number of hydrogen-bond donors (Lipinski definition) is 3. The molecule has 21 heteroatoms. The molecule has 0 aliphatic carbocycles. The molecular formula is C57H49Cl2N6O11S2+. The maximum Gasteiger partial charge on any atom is 0.363 e. The van der Waals surface area contributed by atoms with Crippen molar-refractivity contribution in [1.29, 1.82) is 0 Å². The number of halogens is 2. The summed E-state index contributed by atoms with van der Waals surface area (Å²) in [5.41, 5.74) is 6.01. The second-order valence-electron chi connectivity index (χ2n) is 19.0. The second-order valence-corrected chi connectivity index (χ2v) is 22.9. The summed E-state index contributed by atoms with van der Waals surface area (Å²) in [6, 6.07) is 38.0. The molecule has 398 valence electrons. The highest BCUT2D eigenvalue weighted by Gasteiger charge is 2.58. The van der Waals surface area contributed by atoms with E-state index in [9.17, 15) is 37.8 Å². The van der Waals surface area contributed by atoms with E-state index in [0.29, 0.717) is 60.0 Å². The van der Waals surface area contributed by atoms with Crippen LogP contribution >= 0.6 is 35.0 Å². The van der Waals surface area contributed by atoms with Gasteiger partial charge in [-0.3, -0.25) is 24.2 Å². The van der Waals surface area contributed by atoms with Gasteiger partial charge >= 0.3 is 17.1 Å². The number of aliphatic hydroxyl groups excluding tert-OH is 1. The van der Waals surface area contributed by atoms with E-state index in [1.54, 1.807) is 48.5 Å². The van der Waals surface area contributed by atoms with E-state index in [1.807, 2.05) is 109 Å². The van der Waals surface area contributed by atoms with Crippen LogP contribution in [-0.4, -0.2) is 120 Å². The van der Waals surface area contributed by atoms with Crippen molar-refractivity contribution in [2.24, 2.45) is 0 Å². The van der Waals surface area contributed by atoms with Crippen LogP contribution in [0.4, 0.5) is 22.7 Å². The topological polar surface area (TPSA) is 201 Å². The molecule has 4 aliphatic heterocycles. The van der Waals surface area contributed by atoms with Gasteiger partial charge in [-0.25, -0.2) is 17.6 Å². The van der Waals surface area contributed by atoms with Crippen LogP contribution in [0.3, 0.4) is 0 Å². The van der Waals surface area contributed by atoms with Gasteiger partial charge in [0.25, 0.3) is 11.8 Å². The van der Waals surface area contributed by atoms with E-state index >= 15 is 0 Å². The van der Waals surface area contributed by atoms with Crippen LogP contribution in [0.5, 0.6) is 5.75 Å². The minimum Gasteiger partial charge on any atom is -0.489 e. The summed E-state index contributed by atoms with van der Waals surface area (Å²) >= 11 is 14.5. The molecule has 5 heterocycles. The van der Waals surface area contributed by atoms with E-state index < -0.39 is 58.1 Å². The van der Waals surface area contributed by atoms with Gasteiger partial charge in [-0.1, -0.05) is 77.8 Å². The molecule has 3 N–H and O–H groups in total. The first kappa shape index (κ1) is 52.4. The lowest BCUT2D eigenvalue weighted by molar-refractivity contribution is -0.160. The fourth-order valence-corrected chi connectivity index (χ4v) is 13.5. The molecule has 4 atom stereocenters. The first-order valence-electron chi connectivity index (χ1n) is 24.6. The molecule has 6 aromatic carbocycles. The number of carboxylic acid groups (broad SMARTS) is 1. The monoisotopic (exact) mass is 1130 g/mol. The number of carbonyl (C=O) groups is 4. The van der Waals surface area contributed by atoms with E-state index in [2.05, 4.69) is 5.32 Å². The van der Waals surface area contributed by atoms with Gasteiger partial charge in [0.15, 0.2) is 12.3 Å². The van der Waals surface area contributed by atoms with Gasteiger partial charge in [-0.2, -0.15) is 4.31 Å². The minimum absolute atomic E-state index is 0.0130. The van der Waals surface area contributed by atoms with E-state index in [0.717, 1.165) is 27.6 Å². The van der Waals surface area contributed by atoms with E-state index in [1.165, 1.54) is 34.1 Å². The second kappa shape index (κ2) is 21.0. The van der Waals surface area contributed by atoms with Crippen molar-refractivity contribution in [1.82, 2.24) is 19.4 Å². The summed E-state index contributed by atoms with van der Waals surface area (Å²) in [6.07, 6.45) is 0.749. The Hall–Kier alpha value is -7.65. The molecule has 0 bridgehead atoms. The molecule has 4 aliphatic rings. The highest BCUT2D eigenvalue weighted by atomic mass is 35.5. The Balaban J connectivity index is 0.826. The van der Waals surface area contributed by atoms with Crippen LogP contribution in [0.15, 0.2) is 166 Å². The lowest BCUT2D eigenvalue weighted by Gasteiger charge is -2.49. The SMILES string of the molecule is CN(c1ccc2c(-c3ccccc3S(=O)(=O)N(C)Cc3ccc(OCC4=C(C(=O)O)N5C(=O)[C@@H](NC(=O)[C@H]6/C(=C/CO)O[C@@H]7CC(=O)N76)C5SC4)cc3)c3ccc(N(C)c4ccccc4Cl)cc3[o+]c2c1)c1ccccc1Cl. The van der Waals surface area contributed by atoms with Crippen molar-refractivity contribution in [3.63, 3.8) is 0 Å². The number of carboxylic acids is 1. The normalized spacial score (nSPS) is 19.3. The molecule has 0 radical (unpaired) electrons. The summed E-state index contributed by atoms with van der Waals surface area (Å²) in [5.74, 6) is -2.31. The van der Waals surface area contributed by atoms with Gasteiger partial charge in [0, 0.05) is 50.1 Å². The molecule has 3 amide bonds. The number of fused-ring (bicyclic) bond motifs is 4. The largest absolute Gasteiger partial charge is 0.489 e. The zero-order chi connectivity index (χ0) is 54.7. The standard InChI is InChI=1S/C57H48Cl2N6O11S2/c1-61(29-32-16-20-36(21-17-32)74-30-33-31-77-56-51(55(69)65(56)52(33)57(70)71)60-54(68)53-44(24-25-66)76-49-28-48(67)64(49)53)78(72,73)47-15-9-4-10-39(47)50-37-22-18-34(62(2)42-13-7-5-11-40(42)58)26-45(37)75-46-27-35(19-23-38(46)50)63(3)43-14-8-6-12-41(43)59/h4-24,26-27,49,51,53,56,66H,25,28-31H2,1-3H3,(H-,60,68,70,71)/p+1/b44-24-/t49-,51-,53-,56?/m1/s1. The van der Waals surface area contributed by atoms with Gasteiger partial charge in [-0.15, -0.1) is 11.8 Å². The fraction of sp³-hybridized carbons (Fsp3) is 0.211. The minimum atomic E-state index is -4.19. The molecule has 11 rings (SSSR count). The number of nitrogens with zero attached hydrogens (tertiary/aromatic N) is 5. The van der Waals surface area contributed by atoms with Crippen LogP contribution in [0.1, 0.15) is 12.0 Å². The Morgan fingerprint density at radius 3 is 2.04 bits per heavy atom.